The molecular weight excluding hydrogens is 204 g/mol. The summed E-state index contributed by atoms with van der Waals surface area (Å²) in [5.74, 6) is 0. The summed E-state index contributed by atoms with van der Waals surface area (Å²) in [7, 11) is 6.93. The Balaban J connectivity index is 3.06. The predicted molar refractivity (Wildman–Crippen MR) is 64.5 cm³/mol. The Labute approximate surface area is 96.5 Å². The van der Waals surface area contributed by atoms with Crippen molar-refractivity contribution in [2.24, 2.45) is 5.10 Å². The van der Waals surface area contributed by atoms with Gasteiger partial charge < -0.3 is 14.5 Å². The molecule has 0 aliphatic heterocycles. The summed E-state index contributed by atoms with van der Waals surface area (Å²) in [6, 6.07) is 9.85. The van der Waals surface area contributed by atoms with Gasteiger partial charge in [-0.1, -0.05) is 30.3 Å². The molecule has 88 valence electrons. The number of hydrazone groups is 1. The van der Waals surface area contributed by atoms with Gasteiger partial charge in [0, 0.05) is 33.9 Å². The quantitative estimate of drug-likeness (QED) is 0.431. The smallest absolute Gasteiger partial charge is 0.202 e. The first-order chi connectivity index (χ1) is 7.69. The van der Waals surface area contributed by atoms with E-state index < -0.39 is 6.29 Å². The highest BCUT2D eigenvalue weighted by atomic mass is 16.7. The van der Waals surface area contributed by atoms with E-state index in [-0.39, 0.29) is 0 Å². The summed E-state index contributed by atoms with van der Waals surface area (Å²) in [5.41, 5.74) is 1.75. The Morgan fingerprint density at radius 2 is 1.69 bits per heavy atom. The summed E-state index contributed by atoms with van der Waals surface area (Å²) in [4.78, 5) is 0. The molecule has 0 saturated carbocycles. The molecule has 0 radical (unpaired) electrons. The minimum absolute atomic E-state index is 0.454. The number of ether oxygens (including phenoxy) is 2. The van der Waals surface area contributed by atoms with Crippen molar-refractivity contribution in [3.8, 4) is 0 Å². The van der Waals surface area contributed by atoms with Crippen molar-refractivity contribution in [2.75, 3.05) is 28.3 Å². The van der Waals surface area contributed by atoms with Gasteiger partial charge in [0.1, 0.15) is 5.71 Å². The van der Waals surface area contributed by atoms with Crippen LogP contribution < -0.4 is 0 Å². The third-order valence-corrected chi connectivity index (χ3v) is 2.03. The van der Waals surface area contributed by atoms with Crippen molar-refractivity contribution >= 4 is 5.71 Å². The third-order valence-electron chi connectivity index (χ3n) is 2.03. The average molecular weight is 222 g/mol. The van der Waals surface area contributed by atoms with Crippen LogP contribution in [-0.2, 0) is 9.47 Å². The lowest BCUT2D eigenvalue weighted by Gasteiger charge is -2.18. The molecule has 1 aromatic rings. The van der Waals surface area contributed by atoms with Gasteiger partial charge in [-0.05, 0) is 0 Å². The summed E-state index contributed by atoms with van der Waals surface area (Å²) in [6.45, 7) is 0. The lowest BCUT2D eigenvalue weighted by molar-refractivity contribution is -0.0522. The van der Waals surface area contributed by atoms with Gasteiger partial charge in [0.15, 0.2) is 0 Å². The Morgan fingerprint density at radius 3 is 2.12 bits per heavy atom. The molecule has 0 amide bonds. The normalized spacial score (nSPS) is 11.9. The Kier molecular flexibility index (Phi) is 4.95. The number of methoxy groups -OCH3 is 2. The molecule has 0 aromatic heterocycles. The number of hydrogen-bond donors (Lipinski definition) is 0. The van der Waals surface area contributed by atoms with Crippen molar-refractivity contribution in [3.63, 3.8) is 0 Å². The fraction of sp³-hybridized carbons (Fsp3) is 0.417. The molecule has 1 rings (SSSR count). The lowest BCUT2D eigenvalue weighted by Crippen LogP contribution is -2.28. The van der Waals surface area contributed by atoms with Gasteiger partial charge in [-0.25, -0.2) is 0 Å². The maximum absolute atomic E-state index is 5.24. The third kappa shape index (κ3) is 3.32. The number of nitrogens with zero attached hydrogens (tertiary/aromatic N) is 2. The zero-order valence-electron chi connectivity index (χ0n) is 10.2. The SMILES string of the molecule is COC(OC)/C(=N/N(C)C)c1ccccc1. The van der Waals surface area contributed by atoms with Crippen LogP contribution in [0.3, 0.4) is 0 Å². The number of benzene rings is 1. The summed E-state index contributed by atoms with van der Waals surface area (Å²) < 4.78 is 10.5. The molecule has 0 unspecified atom stereocenters. The molecule has 4 nitrogen and oxygen atoms in total. The summed E-state index contributed by atoms with van der Waals surface area (Å²) in [6.07, 6.45) is -0.454. The minimum atomic E-state index is -0.454. The largest absolute Gasteiger partial charge is 0.350 e. The lowest BCUT2D eigenvalue weighted by atomic mass is 10.1. The number of rotatable bonds is 5. The van der Waals surface area contributed by atoms with Crippen molar-refractivity contribution in [3.05, 3.63) is 35.9 Å². The molecule has 0 heterocycles. The number of hydrogen-bond acceptors (Lipinski definition) is 4. The van der Waals surface area contributed by atoms with Gasteiger partial charge >= 0.3 is 0 Å². The van der Waals surface area contributed by atoms with Gasteiger partial charge in [-0.3, -0.25) is 0 Å². The average Bonchev–Trinajstić information content (AvgIpc) is 2.30. The molecular formula is C12H18N2O2. The second-order valence-corrected chi connectivity index (χ2v) is 3.50. The van der Waals surface area contributed by atoms with Crippen LogP contribution in [-0.4, -0.2) is 45.3 Å². The molecule has 0 N–H and O–H groups in total. The second-order valence-electron chi connectivity index (χ2n) is 3.50. The van der Waals surface area contributed by atoms with Crippen LogP contribution in [0.1, 0.15) is 5.56 Å². The first-order valence-electron chi connectivity index (χ1n) is 5.06. The molecule has 0 aliphatic rings. The van der Waals surface area contributed by atoms with E-state index in [0.29, 0.717) is 0 Å². The van der Waals surface area contributed by atoms with Crippen molar-refractivity contribution in [1.29, 1.82) is 0 Å². The van der Waals surface area contributed by atoms with Crippen LogP contribution in [0, 0.1) is 0 Å². The van der Waals surface area contributed by atoms with E-state index in [1.54, 1.807) is 19.2 Å². The molecule has 4 heteroatoms. The van der Waals surface area contributed by atoms with Gasteiger partial charge in [-0.2, -0.15) is 5.10 Å². The van der Waals surface area contributed by atoms with Gasteiger partial charge in [0.25, 0.3) is 0 Å². The zero-order chi connectivity index (χ0) is 12.0. The molecule has 16 heavy (non-hydrogen) atoms. The van der Waals surface area contributed by atoms with E-state index in [4.69, 9.17) is 9.47 Å². The standard InChI is InChI=1S/C12H18N2O2/c1-14(2)13-11(12(15-3)16-4)10-8-6-5-7-9-10/h5-9,12H,1-4H3/b13-11+. The van der Waals surface area contributed by atoms with E-state index in [1.807, 2.05) is 44.4 Å². The summed E-state index contributed by atoms with van der Waals surface area (Å²) in [5, 5.41) is 6.12. The van der Waals surface area contributed by atoms with Gasteiger partial charge in [0.05, 0.1) is 0 Å². The van der Waals surface area contributed by atoms with Crippen LogP contribution in [0.2, 0.25) is 0 Å². The van der Waals surface area contributed by atoms with Crippen molar-refractivity contribution in [1.82, 2.24) is 5.01 Å². The Bertz CT molecular complexity index is 332. The van der Waals surface area contributed by atoms with Crippen LogP contribution in [0.15, 0.2) is 35.4 Å². The monoisotopic (exact) mass is 222 g/mol. The van der Waals surface area contributed by atoms with Crippen LogP contribution in [0.4, 0.5) is 0 Å². The summed E-state index contributed by atoms with van der Waals surface area (Å²) >= 11 is 0. The van der Waals surface area contributed by atoms with Gasteiger partial charge in [0.2, 0.25) is 6.29 Å². The fourth-order valence-corrected chi connectivity index (χ4v) is 1.38. The highest BCUT2D eigenvalue weighted by Gasteiger charge is 2.16. The highest BCUT2D eigenvalue weighted by Crippen LogP contribution is 2.08. The highest BCUT2D eigenvalue weighted by molar-refractivity contribution is 6.02. The molecule has 1 aromatic carbocycles. The maximum Gasteiger partial charge on any atom is 0.202 e. The van der Waals surface area contributed by atoms with Crippen LogP contribution in [0.25, 0.3) is 0 Å². The van der Waals surface area contributed by atoms with E-state index in [9.17, 15) is 0 Å². The van der Waals surface area contributed by atoms with Gasteiger partial charge in [-0.15, -0.1) is 0 Å². The topological polar surface area (TPSA) is 34.1 Å². The fourth-order valence-electron chi connectivity index (χ4n) is 1.38. The Hall–Kier alpha value is -1.39. The molecule has 0 saturated heterocycles. The van der Waals surface area contributed by atoms with E-state index in [2.05, 4.69) is 5.10 Å². The maximum atomic E-state index is 5.24. The first-order valence-corrected chi connectivity index (χ1v) is 5.06. The first kappa shape index (κ1) is 12.7. The molecule has 0 bridgehead atoms. The molecule has 0 atom stereocenters. The van der Waals surface area contributed by atoms with Crippen molar-refractivity contribution < 1.29 is 9.47 Å². The molecule has 0 aliphatic carbocycles. The van der Waals surface area contributed by atoms with Crippen LogP contribution >= 0.6 is 0 Å². The van der Waals surface area contributed by atoms with E-state index in [0.717, 1.165) is 11.3 Å². The predicted octanol–water partition coefficient (Wildman–Crippen LogP) is 1.57. The Morgan fingerprint density at radius 1 is 1.12 bits per heavy atom. The van der Waals surface area contributed by atoms with E-state index >= 15 is 0 Å². The van der Waals surface area contributed by atoms with Crippen LogP contribution in [0.5, 0.6) is 0 Å². The molecule has 0 spiro atoms. The zero-order valence-corrected chi connectivity index (χ0v) is 10.2. The van der Waals surface area contributed by atoms with Crippen molar-refractivity contribution in [2.45, 2.75) is 6.29 Å². The van der Waals surface area contributed by atoms with E-state index in [1.165, 1.54) is 0 Å². The molecule has 0 fully saturated rings. The second kappa shape index (κ2) is 6.25. The minimum Gasteiger partial charge on any atom is -0.350 e.